The fourth-order valence-electron chi connectivity index (χ4n) is 5.23. The molecule has 0 bridgehead atoms. The summed E-state index contributed by atoms with van der Waals surface area (Å²) in [6, 6.07) is 0. The third-order valence-electron chi connectivity index (χ3n) is 8.25. The summed E-state index contributed by atoms with van der Waals surface area (Å²) in [5, 5.41) is 0. The molecule has 0 aliphatic rings. The van der Waals surface area contributed by atoms with Crippen LogP contribution in [0.1, 0.15) is 174 Å². The summed E-state index contributed by atoms with van der Waals surface area (Å²) in [5.74, 6) is -0.856. The molecule has 0 heterocycles. The van der Waals surface area contributed by atoms with Crippen LogP contribution in [0.4, 0.5) is 0 Å². The number of carbonyl (C=O) groups is 2. The Kier molecular flexibility index (Phi) is 35.7. The normalized spacial score (nSPS) is 13.8. The van der Waals surface area contributed by atoms with Gasteiger partial charge in [-0.2, -0.15) is 0 Å². The summed E-state index contributed by atoms with van der Waals surface area (Å²) in [6.07, 6.45) is 38.8. The fraction of sp³-hybridized carbons (Fsp3) is 0.800. The summed E-state index contributed by atoms with van der Waals surface area (Å²) in [7, 11) is -4.38. The highest BCUT2D eigenvalue weighted by Gasteiger charge is 2.25. The topological polar surface area (TPSA) is 134 Å². The highest BCUT2D eigenvalue weighted by atomic mass is 31.2. The zero-order chi connectivity index (χ0) is 36.8. The zero-order valence-corrected chi connectivity index (χ0v) is 32.8. The van der Waals surface area contributed by atoms with E-state index in [9.17, 15) is 19.0 Å². The van der Waals surface area contributed by atoms with Crippen LogP contribution in [0.5, 0.6) is 0 Å². The molecule has 50 heavy (non-hydrogen) atoms. The number of rotatable bonds is 37. The lowest BCUT2D eigenvalue weighted by atomic mass is 10.1. The summed E-state index contributed by atoms with van der Waals surface area (Å²) >= 11 is 0. The number of hydrogen-bond donors (Lipinski definition) is 2. The van der Waals surface area contributed by atoms with Gasteiger partial charge in [0.2, 0.25) is 0 Å². The molecule has 0 rings (SSSR count). The predicted octanol–water partition coefficient (Wildman–Crippen LogP) is 11.0. The highest BCUT2D eigenvalue weighted by Crippen LogP contribution is 2.43. The van der Waals surface area contributed by atoms with Crippen LogP contribution in [-0.2, 0) is 32.7 Å². The number of ether oxygens (including phenoxy) is 2. The van der Waals surface area contributed by atoms with Crippen LogP contribution in [0.2, 0.25) is 0 Å². The van der Waals surface area contributed by atoms with Crippen LogP contribution < -0.4 is 5.73 Å². The molecule has 0 fully saturated rings. The first kappa shape index (κ1) is 48.2. The molecule has 292 valence electrons. The molecule has 10 heteroatoms. The largest absolute Gasteiger partial charge is 0.472 e. The second-order valence-corrected chi connectivity index (χ2v) is 14.6. The van der Waals surface area contributed by atoms with Gasteiger partial charge in [0.15, 0.2) is 6.10 Å². The Labute approximate surface area is 305 Å². The number of allylic oxidation sites excluding steroid dienone is 6. The molecule has 3 N–H and O–H groups in total. The second-order valence-electron chi connectivity index (χ2n) is 13.1. The van der Waals surface area contributed by atoms with Gasteiger partial charge < -0.3 is 20.1 Å². The molecule has 0 radical (unpaired) electrons. The van der Waals surface area contributed by atoms with E-state index in [0.29, 0.717) is 6.42 Å². The minimum atomic E-state index is -4.38. The molecule has 0 aromatic carbocycles. The van der Waals surface area contributed by atoms with Crippen molar-refractivity contribution in [1.82, 2.24) is 0 Å². The molecule has 0 saturated heterocycles. The van der Waals surface area contributed by atoms with Crippen molar-refractivity contribution in [2.24, 2.45) is 5.73 Å². The first-order valence-electron chi connectivity index (χ1n) is 20.0. The van der Waals surface area contributed by atoms with Gasteiger partial charge in [0.1, 0.15) is 6.61 Å². The number of carbonyl (C=O) groups excluding carboxylic acids is 2. The van der Waals surface area contributed by atoms with Crippen molar-refractivity contribution in [1.29, 1.82) is 0 Å². The Morgan fingerprint density at radius 3 is 1.60 bits per heavy atom. The number of esters is 2. The maximum absolute atomic E-state index is 12.5. The quantitative estimate of drug-likeness (QED) is 0.0277. The SMILES string of the molecule is CCCC/C=C/C/C=C/CCCCCCCC(=O)O[C@H](COC(=O)CCCCCCC/C=C/CCCCCCCC)COP(=O)(O)OCCN. The van der Waals surface area contributed by atoms with Crippen molar-refractivity contribution in [2.45, 2.75) is 180 Å². The molecule has 9 nitrogen and oxygen atoms in total. The standard InChI is InChI=1S/C40H74NO8P/c1-3-5-7-9-11-13-15-17-19-21-22-24-26-28-30-32-39(42)46-36-38(37-48-50(44,45)47-35-34-41)49-40(43)33-31-29-27-25-23-20-18-16-14-12-10-8-6-4-2/h10,12,16-19,38H,3-9,11,13-15,20-37,41H2,1-2H3,(H,44,45)/b12-10+,18-16+,19-17+/t38-/m1/s1. The summed E-state index contributed by atoms with van der Waals surface area (Å²) in [4.78, 5) is 34.7. The van der Waals surface area contributed by atoms with Gasteiger partial charge in [-0.1, -0.05) is 134 Å². The molecular weight excluding hydrogens is 653 g/mol. The average Bonchev–Trinajstić information content (AvgIpc) is 3.10. The molecule has 0 spiro atoms. The first-order chi connectivity index (χ1) is 24.3. The molecule has 0 amide bonds. The summed E-state index contributed by atoms with van der Waals surface area (Å²) < 4.78 is 32.7. The highest BCUT2D eigenvalue weighted by molar-refractivity contribution is 7.47. The number of unbranched alkanes of at least 4 members (excludes halogenated alkanes) is 18. The Hall–Kier alpha value is -1.77. The molecule has 0 aliphatic carbocycles. The number of phosphoric acid groups is 1. The van der Waals surface area contributed by atoms with E-state index in [4.69, 9.17) is 24.3 Å². The van der Waals surface area contributed by atoms with E-state index >= 15 is 0 Å². The van der Waals surface area contributed by atoms with Gasteiger partial charge in [-0.3, -0.25) is 18.6 Å². The second kappa shape index (κ2) is 37.0. The Morgan fingerprint density at radius 2 is 1.06 bits per heavy atom. The fourth-order valence-corrected chi connectivity index (χ4v) is 6.00. The van der Waals surface area contributed by atoms with Crippen molar-refractivity contribution >= 4 is 19.8 Å². The van der Waals surface area contributed by atoms with E-state index in [2.05, 4.69) is 50.3 Å². The van der Waals surface area contributed by atoms with Crippen LogP contribution in [0.15, 0.2) is 36.5 Å². The van der Waals surface area contributed by atoms with E-state index in [-0.39, 0.29) is 32.6 Å². The van der Waals surface area contributed by atoms with Crippen LogP contribution in [-0.4, -0.2) is 49.3 Å². The Morgan fingerprint density at radius 1 is 0.600 bits per heavy atom. The minimum Gasteiger partial charge on any atom is -0.462 e. The van der Waals surface area contributed by atoms with Crippen molar-refractivity contribution in [2.75, 3.05) is 26.4 Å². The van der Waals surface area contributed by atoms with Gasteiger partial charge in [-0.25, -0.2) is 4.57 Å². The molecule has 0 aliphatic heterocycles. The van der Waals surface area contributed by atoms with Gasteiger partial charge in [0, 0.05) is 19.4 Å². The minimum absolute atomic E-state index is 0.0494. The van der Waals surface area contributed by atoms with Crippen LogP contribution in [0, 0.1) is 0 Å². The predicted molar refractivity (Wildman–Crippen MR) is 206 cm³/mol. The van der Waals surface area contributed by atoms with Crippen molar-refractivity contribution in [3.8, 4) is 0 Å². The summed E-state index contributed by atoms with van der Waals surface area (Å²) in [6.45, 7) is 3.65. The Balaban J connectivity index is 4.23. The van der Waals surface area contributed by atoms with Crippen molar-refractivity contribution in [3.63, 3.8) is 0 Å². The van der Waals surface area contributed by atoms with Crippen molar-refractivity contribution in [3.05, 3.63) is 36.5 Å². The van der Waals surface area contributed by atoms with Crippen molar-refractivity contribution < 1.29 is 37.6 Å². The summed E-state index contributed by atoms with van der Waals surface area (Å²) in [5.41, 5.74) is 5.33. The molecule has 0 aromatic heterocycles. The molecular formula is C40H74NO8P. The Bertz CT molecular complexity index is 923. The van der Waals surface area contributed by atoms with E-state index < -0.39 is 32.5 Å². The smallest absolute Gasteiger partial charge is 0.462 e. The third-order valence-corrected chi connectivity index (χ3v) is 9.23. The molecule has 1 unspecified atom stereocenters. The monoisotopic (exact) mass is 728 g/mol. The maximum Gasteiger partial charge on any atom is 0.472 e. The average molecular weight is 728 g/mol. The lowest BCUT2D eigenvalue weighted by Crippen LogP contribution is -2.29. The van der Waals surface area contributed by atoms with E-state index in [1.165, 1.54) is 57.8 Å². The van der Waals surface area contributed by atoms with Crippen LogP contribution >= 0.6 is 7.82 Å². The molecule has 0 saturated carbocycles. The van der Waals surface area contributed by atoms with Crippen LogP contribution in [0.3, 0.4) is 0 Å². The van der Waals surface area contributed by atoms with Crippen LogP contribution in [0.25, 0.3) is 0 Å². The lowest BCUT2D eigenvalue weighted by Gasteiger charge is -2.19. The lowest BCUT2D eigenvalue weighted by molar-refractivity contribution is -0.161. The number of nitrogens with two attached hydrogens (primary N) is 1. The number of phosphoric ester groups is 1. The van der Waals surface area contributed by atoms with Gasteiger partial charge >= 0.3 is 19.8 Å². The number of hydrogen-bond acceptors (Lipinski definition) is 8. The zero-order valence-electron chi connectivity index (χ0n) is 31.9. The third kappa shape index (κ3) is 36.0. The maximum atomic E-state index is 12.5. The van der Waals surface area contributed by atoms with E-state index in [1.54, 1.807) is 0 Å². The van der Waals surface area contributed by atoms with E-state index in [0.717, 1.165) is 83.5 Å². The van der Waals surface area contributed by atoms with E-state index in [1.807, 2.05) is 0 Å². The van der Waals surface area contributed by atoms with Gasteiger partial charge in [0.05, 0.1) is 13.2 Å². The van der Waals surface area contributed by atoms with Gasteiger partial charge in [0.25, 0.3) is 0 Å². The van der Waals surface area contributed by atoms with Gasteiger partial charge in [-0.15, -0.1) is 0 Å². The molecule has 2 atom stereocenters. The molecule has 0 aromatic rings. The van der Waals surface area contributed by atoms with Gasteiger partial charge in [-0.05, 0) is 64.2 Å². The first-order valence-corrected chi connectivity index (χ1v) is 21.5.